The van der Waals surface area contributed by atoms with Crippen molar-refractivity contribution in [3.8, 4) is 0 Å². The number of morpholine rings is 1. The lowest BCUT2D eigenvalue weighted by Crippen LogP contribution is -2.67. The normalized spacial score (nSPS) is 21.8. The van der Waals surface area contributed by atoms with Gasteiger partial charge < -0.3 is 9.64 Å². The van der Waals surface area contributed by atoms with E-state index < -0.39 is 15.3 Å². The lowest BCUT2D eigenvalue weighted by molar-refractivity contribution is -0.159. The van der Waals surface area contributed by atoms with Crippen LogP contribution >= 0.6 is 0 Å². The molecule has 3 rings (SSSR count). The average Bonchev–Trinajstić information content (AvgIpc) is 2.57. The van der Waals surface area contributed by atoms with Gasteiger partial charge in [-0.2, -0.15) is 0 Å². The van der Waals surface area contributed by atoms with Crippen molar-refractivity contribution in [1.82, 2.24) is 9.80 Å². The van der Waals surface area contributed by atoms with E-state index in [9.17, 15) is 13.2 Å². The van der Waals surface area contributed by atoms with Crippen molar-refractivity contribution in [2.75, 3.05) is 51.4 Å². The van der Waals surface area contributed by atoms with E-state index in [-0.39, 0.29) is 17.7 Å². The molecule has 144 valence electrons. The second-order valence-electron chi connectivity index (χ2n) is 7.69. The number of nitrogens with zero attached hydrogens (tertiary/aromatic N) is 2. The van der Waals surface area contributed by atoms with Crippen molar-refractivity contribution < 1.29 is 17.9 Å². The van der Waals surface area contributed by atoms with Gasteiger partial charge in [0.1, 0.15) is 9.84 Å². The van der Waals surface area contributed by atoms with Crippen LogP contribution in [-0.2, 0) is 25.8 Å². The molecule has 1 unspecified atom stereocenters. The van der Waals surface area contributed by atoms with Crippen LogP contribution in [0.2, 0.25) is 0 Å². The summed E-state index contributed by atoms with van der Waals surface area (Å²) in [5.74, 6) is 0.299. The molecule has 0 spiro atoms. The molecule has 1 atom stereocenters. The Bertz CT molecular complexity index is 723. The zero-order valence-corrected chi connectivity index (χ0v) is 16.4. The Kier molecular flexibility index (Phi) is 5.69. The van der Waals surface area contributed by atoms with Crippen LogP contribution in [0.4, 0.5) is 0 Å². The van der Waals surface area contributed by atoms with E-state index >= 15 is 0 Å². The number of hydrogen-bond donors (Lipinski definition) is 0. The number of likely N-dealkylation sites (tertiary alicyclic amines) is 1. The molecular formula is C19H28N2O4S. The molecule has 2 aliphatic heterocycles. The first-order valence-corrected chi connectivity index (χ1v) is 11.2. The van der Waals surface area contributed by atoms with Crippen LogP contribution in [0.1, 0.15) is 12.5 Å². The van der Waals surface area contributed by atoms with Crippen LogP contribution in [0, 0.1) is 5.41 Å². The fraction of sp³-hybridized carbons (Fsp3) is 0.632. The van der Waals surface area contributed by atoms with Crippen molar-refractivity contribution in [3.05, 3.63) is 35.9 Å². The SMILES string of the molecule is CC(CS(C)(=O)=O)N1CC(Cc2ccccc2)(C(=O)N2CCOCC2)C1. The zero-order valence-electron chi connectivity index (χ0n) is 15.6. The number of carbonyl (C=O) groups excluding carboxylic acids is 1. The molecule has 26 heavy (non-hydrogen) atoms. The second kappa shape index (κ2) is 7.66. The van der Waals surface area contributed by atoms with Crippen LogP contribution < -0.4 is 0 Å². The Morgan fingerprint density at radius 2 is 1.81 bits per heavy atom. The van der Waals surface area contributed by atoms with Gasteiger partial charge in [0, 0.05) is 38.5 Å². The topological polar surface area (TPSA) is 66.9 Å². The fourth-order valence-corrected chi connectivity index (χ4v) is 5.08. The highest BCUT2D eigenvalue weighted by molar-refractivity contribution is 7.90. The molecule has 6 nitrogen and oxygen atoms in total. The summed E-state index contributed by atoms with van der Waals surface area (Å²) in [6, 6.07) is 9.98. The van der Waals surface area contributed by atoms with Gasteiger partial charge in [-0.3, -0.25) is 9.69 Å². The number of sulfone groups is 1. The Morgan fingerprint density at radius 3 is 2.38 bits per heavy atom. The van der Waals surface area contributed by atoms with Crippen LogP contribution in [0.3, 0.4) is 0 Å². The Balaban J connectivity index is 1.74. The summed E-state index contributed by atoms with van der Waals surface area (Å²) >= 11 is 0. The quantitative estimate of drug-likeness (QED) is 0.731. The third-order valence-electron chi connectivity index (χ3n) is 5.32. The highest BCUT2D eigenvalue weighted by Gasteiger charge is 2.52. The maximum atomic E-state index is 13.3. The van der Waals surface area contributed by atoms with Crippen LogP contribution in [0.5, 0.6) is 0 Å². The number of amides is 1. The van der Waals surface area contributed by atoms with E-state index in [0.717, 1.165) is 5.56 Å². The summed E-state index contributed by atoms with van der Waals surface area (Å²) < 4.78 is 28.6. The fourth-order valence-electron chi connectivity index (χ4n) is 4.00. The molecule has 0 radical (unpaired) electrons. The lowest BCUT2D eigenvalue weighted by Gasteiger charge is -2.53. The predicted octanol–water partition coefficient (Wildman–Crippen LogP) is 0.823. The van der Waals surface area contributed by atoms with Crippen LogP contribution in [0.25, 0.3) is 0 Å². The minimum atomic E-state index is -3.04. The van der Waals surface area contributed by atoms with Crippen LogP contribution in [-0.4, -0.2) is 81.6 Å². The predicted molar refractivity (Wildman–Crippen MR) is 101 cm³/mol. The van der Waals surface area contributed by atoms with E-state index in [0.29, 0.717) is 45.8 Å². The van der Waals surface area contributed by atoms with E-state index in [2.05, 4.69) is 17.0 Å². The maximum absolute atomic E-state index is 13.3. The molecule has 2 saturated heterocycles. The maximum Gasteiger partial charge on any atom is 0.231 e. The minimum Gasteiger partial charge on any atom is -0.378 e. The number of rotatable bonds is 6. The molecule has 0 aliphatic carbocycles. The summed E-state index contributed by atoms with van der Waals surface area (Å²) in [5.41, 5.74) is 0.675. The molecule has 1 amide bonds. The lowest BCUT2D eigenvalue weighted by atomic mass is 9.72. The monoisotopic (exact) mass is 380 g/mol. The van der Waals surface area contributed by atoms with E-state index in [1.807, 2.05) is 30.0 Å². The third-order valence-corrected chi connectivity index (χ3v) is 6.40. The standard InChI is InChI=1S/C19H28N2O4S/c1-16(13-26(2,23)24)21-14-19(15-21,12-17-6-4-3-5-7-17)18(22)20-8-10-25-11-9-20/h3-7,16H,8-15H2,1-2H3. The molecule has 0 N–H and O–H groups in total. The van der Waals surface area contributed by atoms with E-state index in [4.69, 9.17) is 4.74 Å². The second-order valence-corrected chi connectivity index (χ2v) is 9.88. The zero-order chi connectivity index (χ0) is 18.8. The first kappa shape index (κ1) is 19.3. The highest BCUT2D eigenvalue weighted by atomic mass is 32.2. The highest BCUT2D eigenvalue weighted by Crippen LogP contribution is 2.38. The van der Waals surface area contributed by atoms with Crippen molar-refractivity contribution in [2.45, 2.75) is 19.4 Å². The Hall–Kier alpha value is -1.44. The molecule has 2 fully saturated rings. The molecule has 2 aliphatic rings. The minimum absolute atomic E-state index is 0.0774. The van der Waals surface area contributed by atoms with Crippen molar-refractivity contribution in [3.63, 3.8) is 0 Å². The van der Waals surface area contributed by atoms with Gasteiger partial charge in [-0.05, 0) is 18.9 Å². The molecule has 0 aromatic heterocycles. The number of carbonyl (C=O) groups is 1. The summed E-state index contributed by atoms with van der Waals surface area (Å²) in [6.07, 6.45) is 1.95. The number of hydrogen-bond acceptors (Lipinski definition) is 5. The van der Waals surface area contributed by atoms with Gasteiger partial charge in [0.2, 0.25) is 5.91 Å². The molecule has 0 saturated carbocycles. The first-order chi connectivity index (χ1) is 12.3. The van der Waals surface area contributed by atoms with Gasteiger partial charge in [0.15, 0.2) is 0 Å². The Morgan fingerprint density at radius 1 is 1.19 bits per heavy atom. The van der Waals surface area contributed by atoms with Crippen molar-refractivity contribution >= 4 is 15.7 Å². The molecule has 0 bridgehead atoms. The summed E-state index contributed by atoms with van der Waals surface area (Å²) in [5, 5.41) is 0. The van der Waals surface area contributed by atoms with Gasteiger partial charge in [0.25, 0.3) is 0 Å². The van der Waals surface area contributed by atoms with Gasteiger partial charge in [-0.15, -0.1) is 0 Å². The number of benzene rings is 1. The summed E-state index contributed by atoms with van der Waals surface area (Å²) in [6.45, 7) is 5.57. The third kappa shape index (κ3) is 4.45. The molecule has 1 aromatic rings. The molecule has 2 heterocycles. The average molecular weight is 381 g/mol. The smallest absolute Gasteiger partial charge is 0.231 e. The largest absolute Gasteiger partial charge is 0.378 e. The van der Waals surface area contributed by atoms with E-state index in [1.54, 1.807) is 0 Å². The molecular weight excluding hydrogens is 352 g/mol. The summed E-state index contributed by atoms with van der Waals surface area (Å²) in [4.78, 5) is 17.3. The van der Waals surface area contributed by atoms with Gasteiger partial charge in [-0.25, -0.2) is 8.42 Å². The van der Waals surface area contributed by atoms with E-state index in [1.165, 1.54) is 6.26 Å². The van der Waals surface area contributed by atoms with Crippen LogP contribution in [0.15, 0.2) is 30.3 Å². The van der Waals surface area contributed by atoms with Gasteiger partial charge in [-0.1, -0.05) is 30.3 Å². The van der Waals surface area contributed by atoms with Gasteiger partial charge >= 0.3 is 0 Å². The van der Waals surface area contributed by atoms with Crippen molar-refractivity contribution in [1.29, 1.82) is 0 Å². The summed E-state index contributed by atoms with van der Waals surface area (Å²) in [7, 11) is -3.04. The van der Waals surface area contributed by atoms with Crippen molar-refractivity contribution in [2.24, 2.45) is 5.41 Å². The molecule has 1 aromatic carbocycles. The molecule has 7 heteroatoms. The number of ether oxygens (including phenoxy) is 1. The Labute approximate surface area is 156 Å². The van der Waals surface area contributed by atoms with Gasteiger partial charge in [0.05, 0.1) is 24.4 Å². The first-order valence-electron chi connectivity index (χ1n) is 9.12.